The number of nitrogen functional groups attached to an aromatic ring is 1. The zero-order valence-electron chi connectivity index (χ0n) is 11.7. The predicted molar refractivity (Wildman–Crippen MR) is 79.0 cm³/mol. The van der Waals surface area contributed by atoms with Crippen molar-refractivity contribution in [2.45, 2.75) is 26.0 Å². The maximum atomic E-state index is 9.64. The van der Waals surface area contributed by atoms with Crippen LogP contribution in [-0.2, 0) is 6.54 Å². The summed E-state index contributed by atoms with van der Waals surface area (Å²) < 4.78 is 0. The molecule has 0 bridgehead atoms. The lowest BCUT2D eigenvalue weighted by Gasteiger charge is -2.16. The number of aromatic nitrogens is 2. The fourth-order valence-electron chi connectivity index (χ4n) is 2.82. The third-order valence-corrected chi connectivity index (χ3v) is 4.04. The number of hydrogen-bond acceptors (Lipinski definition) is 5. The van der Waals surface area contributed by atoms with Crippen LogP contribution >= 0.6 is 0 Å². The second kappa shape index (κ2) is 5.34. The van der Waals surface area contributed by atoms with Gasteiger partial charge in [-0.2, -0.15) is 0 Å². The van der Waals surface area contributed by atoms with Gasteiger partial charge in [0.05, 0.1) is 18.2 Å². The summed E-state index contributed by atoms with van der Waals surface area (Å²) >= 11 is 0. The second-order valence-corrected chi connectivity index (χ2v) is 5.57. The number of para-hydroxylation sites is 1. The number of hydrogen-bond donors (Lipinski definition) is 2. The molecule has 0 amide bonds. The van der Waals surface area contributed by atoms with E-state index in [9.17, 15) is 5.11 Å². The van der Waals surface area contributed by atoms with Gasteiger partial charge >= 0.3 is 0 Å². The number of nitrogens with two attached hydrogens (primary N) is 1. The Morgan fingerprint density at radius 1 is 1.40 bits per heavy atom. The molecule has 1 saturated heterocycles. The summed E-state index contributed by atoms with van der Waals surface area (Å²) in [5.41, 5.74) is 6.89. The number of aliphatic hydroxyl groups excluding tert-OH is 1. The summed E-state index contributed by atoms with van der Waals surface area (Å²) in [4.78, 5) is 11.3. The van der Waals surface area contributed by atoms with Gasteiger partial charge in [0.2, 0.25) is 0 Å². The summed E-state index contributed by atoms with van der Waals surface area (Å²) in [6, 6.07) is 7.79. The lowest BCUT2D eigenvalue weighted by molar-refractivity contribution is 0.127. The lowest BCUT2D eigenvalue weighted by atomic mass is 10.0. The number of fused-ring (bicyclic) bond motifs is 1. The Morgan fingerprint density at radius 3 is 2.95 bits per heavy atom. The van der Waals surface area contributed by atoms with Crippen LogP contribution in [0, 0.1) is 5.92 Å². The number of likely N-dealkylation sites (tertiary alicyclic amines) is 1. The van der Waals surface area contributed by atoms with Crippen molar-refractivity contribution in [1.29, 1.82) is 0 Å². The van der Waals surface area contributed by atoms with Gasteiger partial charge in [0, 0.05) is 11.9 Å². The van der Waals surface area contributed by atoms with Crippen molar-refractivity contribution < 1.29 is 5.11 Å². The Hall–Kier alpha value is -1.72. The van der Waals surface area contributed by atoms with E-state index in [1.807, 2.05) is 31.2 Å². The van der Waals surface area contributed by atoms with Gasteiger partial charge in [0.25, 0.3) is 0 Å². The van der Waals surface area contributed by atoms with Crippen LogP contribution in [0.15, 0.2) is 24.3 Å². The molecule has 0 radical (unpaired) electrons. The molecular formula is C15H20N4O. The van der Waals surface area contributed by atoms with Crippen LogP contribution in [0.4, 0.5) is 5.82 Å². The first-order chi connectivity index (χ1) is 9.63. The van der Waals surface area contributed by atoms with Crippen molar-refractivity contribution in [3.8, 4) is 0 Å². The molecule has 2 atom stereocenters. The standard InChI is InChI=1S/C15H20N4O/c1-10(20)11-6-7-19(8-11)9-14-17-13-5-3-2-4-12(13)15(16)18-14/h2-5,10-11,20H,6-9H2,1H3,(H2,16,17,18). The van der Waals surface area contributed by atoms with Gasteiger partial charge in [-0.3, -0.25) is 4.90 Å². The highest BCUT2D eigenvalue weighted by atomic mass is 16.3. The average Bonchev–Trinajstić information content (AvgIpc) is 2.87. The molecular weight excluding hydrogens is 252 g/mol. The van der Waals surface area contributed by atoms with Crippen molar-refractivity contribution in [3.05, 3.63) is 30.1 Å². The van der Waals surface area contributed by atoms with E-state index in [2.05, 4.69) is 14.9 Å². The largest absolute Gasteiger partial charge is 0.393 e. The van der Waals surface area contributed by atoms with E-state index in [0.29, 0.717) is 18.3 Å². The molecule has 2 unspecified atom stereocenters. The minimum atomic E-state index is -0.248. The molecule has 3 rings (SSSR count). The minimum absolute atomic E-state index is 0.248. The zero-order valence-corrected chi connectivity index (χ0v) is 11.7. The molecule has 5 nitrogen and oxygen atoms in total. The molecule has 0 saturated carbocycles. The highest BCUT2D eigenvalue weighted by Gasteiger charge is 2.26. The summed E-state index contributed by atoms with van der Waals surface area (Å²) in [6.07, 6.45) is 0.781. The molecule has 5 heteroatoms. The monoisotopic (exact) mass is 272 g/mol. The molecule has 2 heterocycles. The van der Waals surface area contributed by atoms with Crippen molar-refractivity contribution in [1.82, 2.24) is 14.9 Å². The smallest absolute Gasteiger partial charge is 0.145 e. The Bertz CT molecular complexity index is 614. The van der Waals surface area contributed by atoms with E-state index in [4.69, 9.17) is 5.73 Å². The van der Waals surface area contributed by atoms with Crippen LogP contribution in [0.25, 0.3) is 10.9 Å². The zero-order chi connectivity index (χ0) is 14.1. The van der Waals surface area contributed by atoms with Crippen molar-refractivity contribution >= 4 is 16.7 Å². The van der Waals surface area contributed by atoms with Gasteiger partial charge in [0.15, 0.2) is 0 Å². The molecule has 1 aliphatic heterocycles. The van der Waals surface area contributed by atoms with E-state index < -0.39 is 0 Å². The van der Waals surface area contributed by atoms with Crippen LogP contribution in [0.2, 0.25) is 0 Å². The Kier molecular flexibility index (Phi) is 3.54. The Labute approximate surface area is 118 Å². The number of aliphatic hydroxyl groups is 1. The maximum absolute atomic E-state index is 9.64. The molecule has 1 aromatic heterocycles. The predicted octanol–water partition coefficient (Wildman–Crippen LogP) is 1.41. The van der Waals surface area contributed by atoms with E-state index in [0.717, 1.165) is 36.2 Å². The third-order valence-electron chi connectivity index (χ3n) is 4.04. The highest BCUT2D eigenvalue weighted by molar-refractivity contribution is 5.87. The summed E-state index contributed by atoms with van der Waals surface area (Å²) in [7, 11) is 0. The van der Waals surface area contributed by atoms with Gasteiger partial charge in [0.1, 0.15) is 11.6 Å². The summed E-state index contributed by atoms with van der Waals surface area (Å²) in [5, 5.41) is 10.5. The van der Waals surface area contributed by atoms with Crippen LogP contribution in [0.1, 0.15) is 19.2 Å². The minimum Gasteiger partial charge on any atom is -0.393 e. The first-order valence-electron chi connectivity index (χ1n) is 7.05. The SMILES string of the molecule is CC(O)C1CCN(Cc2nc(N)c3ccccc3n2)C1. The van der Waals surface area contributed by atoms with Gasteiger partial charge in [-0.05, 0) is 37.9 Å². The molecule has 20 heavy (non-hydrogen) atoms. The normalized spacial score (nSPS) is 21.4. The molecule has 106 valence electrons. The molecule has 0 spiro atoms. The molecule has 1 aromatic carbocycles. The molecule has 1 fully saturated rings. The Morgan fingerprint density at radius 2 is 2.20 bits per heavy atom. The fraction of sp³-hybridized carbons (Fsp3) is 0.467. The second-order valence-electron chi connectivity index (χ2n) is 5.57. The summed E-state index contributed by atoms with van der Waals surface area (Å²) in [5.74, 6) is 1.65. The van der Waals surface area contributed by atoms with Crippen LogP contribution in [0.5, 0.6) is 0 Å². The van der Waals surface area contributed by atoms with Crippen molar-refractivity contribution in [3.63, 3.8) is 0 Å². The molecule has 0 aliphatic carbocycles. The van der Waals surface area contributed by atoms with E-state index in [1.54, 1.807) is 0 Å². The average molecular weight is 272 g/mol. The number of benzene rings is 1. The lowest BCUT2D eigenvalue weighted by Crippen LogP contribution is -2.25. The quantitative estimate of drug-likeness (QED) is 0.883. The topological polar surface area (TPSA) is 75.3 Å². The number of rotatable bonds is 3. The van der Waals surface area contributed by atoms with E-state index >= 15 is 0 Å². The van der Waals surface area contributed by atoms with Crippen LogP contribution in [0.3, 0.4) is 0 Å². The summed E-state index contributed by atoms with van der Waals surface area (Å²) in [6.45, 7) is 4.43. The molecule has 2 aromatic rings. The number of anilines is 1. The van der Waals surface area contributed by atoms with E-state index in [1.165, 1.54) is 0 Å². The van der Waals surface area contributed by atoms with Gasteiger partial charge in [-0.15, -0.1) is 0 Å². The third kappa shape index (κ3) is 2.59. The first kappa shape index (κ1) is 13.3. The number of nitrogens with zero attached hydrogens (tertiary/aromatic N) is 3. The first-order valence-corrected chi connectivity index (χ1v) is 7.05. The van der Waals surface area contributed by atoms with E-state index in [-0.39, 0.29) is 6.10 Å². The van der Waals surface area contributed by atoms with Gasteiger partial charge in [-0.1, -0.05) is 12.1 Å². The molecule has 3 N–H and O–H groups in total. The van der Waals surface area contributed by atoms with Crippen molar-refractivity contribution in [2.75, 3.05) is 18.8 Å². The highest BCUT2D eigenvalue weighted by Crippen LogP contribution is 2.22. The van der Waals surface area contributed by atoms with Gasteiger partial charge in [-0.25, -0.2) is 9.97 Å². The fourth-order valence-corrected chi connectivity index (χ4v) is 2.82. The van der Waals surface area contributed by atoms with Crippen LogP contribution in [-0.4, -0.2) is 39.2 Å². The van der Waals surface area contributed by atoms with Gasteiger partial charge < -0.3 is 10.8 Å². The van der Waals surface area contributed by atoms with Crippen molar-refractivity contribution in [2.24, 2.45) is 5.92 Å². The maximum Gasteiger partial charge on any atom is 0.145 e. The van der Waals surface area contributed by atoms with Crippen LogP contribution < -0.4 is 5.73 Å². The Balaban J connectivity index is 1.78. The molecule has 1 aliphatic rings.